The lowest BCUT2D eigenvalue weighted by Crippen LogP contribution is -2.49. The zero-order valence-corrected chi connectivity index (χ0v) is 19.9. The molecule has 170 valence electrons. The molecule has 1 unspecified atom stereocenters. The van der Waals surface area contributed by atoms with Crippen molar-refractivity contribution in [3.05, 3.63) is 88.7 Å². The van der Waals surface area contributed by atoms with Crippen molar-refractivity contribution in [3.8, 4) is 0 Å². The van der Waals surface area contributed by atoms with Crippen LogP contribution in [0.3, 0.4) is 0 Å². The maximum Gasteiger partial charge on any atom is 0.327 e. The van der Waals surface area contributed by atoms with E-state index in [1.54, 1.807) is 18.3 Å². The summed E-state index contributed by atoms with van der Waals surface area (Å²) in [5.41, 5.74) is 3.21. The number of piperazine rings is 1. The van der Waals surface area contributed by atoms with Gasteiger partial charge in [-0.05, 0) is 57.9 Å². The molecule has 0 aliphatic carbocycles. The van der Waals surface area contributed by atoms with E-state index < -0.39 is 6.04 Å². The van der Waals surface area contributed by atoms with Gasteiger partial charge in [-0.3, -0.25) is 9.69 Å². The molecule has 1 saturated heterocycles. The highest BCUT2D eigenvalue weighted by atomic mass is 79.9. The highest BCUT2D eigenvalue weighted by Crippen LogP contribution is 2.26. The standard InChI is InChI=1S/C25H25BrN4O3/c1-33-25(32)22(18-6-3-2-4-7-18)30-16-14-29(15-17-30)20-11-9-19(10-12-20)28-24(31)21-8-5-13-27-23(21)26/h2-13,22H,14-17H2,1H3,(H,28,31). The molecule has 1 fully saturated rings. The van der Waals surface area contributed by atoms with E-state index in [-0.39, 0.29) is 11.9 Å². The fourth-order valence-electron chi connectivity index (χ4n) is 3.99. The van der Waals surface area contributed by atoms with Gasteiger partial charge in [0.1, 0.15) is 10.6 Å². The normalized spacial score (nSPS) is 15.0. The number of hydrogen-bond donors (Lipinski definition) is 1. The van der Waals surface area contributed by atoms with Gasteiger partial charge in [0.15, 0.2) is 0 Å². The van der Waals surface area contributed by atoms with Gasteiger partial charge < -0.3 is 15.0 Å². The summed E-state index contributed by atoms with van der Waals surface area (Å²) in [5.74, 6) is -0.457. The Morgan fingerprint density at radius 3 is 2.30 bits per heavy atom. The van der Waals surface area contributed by atoms with Gasteiger partial charge in [-0.15, -0.1) is 0 Å². The zero-order valence-electron chi connectivity index (χ0n) is 18.3. The van der Waals surface area contributed by atoms with Crippen molar-refractivity contribution in [1.29, 1.82) is 0 Å². The van der Waals surface area contributed by atoms with Gasteiger partial charge in [0.2, 0.25) is 0 Å². The van der Waals surface area contributed by atoms with Crippen LogP contribution in [0, 0.1) is 0 Å². The minimum absolute atomic E-state index is 0.217. The molecule has 0 saturated carbocycles. The Balaban J connectivity index is 1.38. The Morgan fingerprint density at radius 1 is 0.970 bits per heavy atom. The van der Waals surface area contributed by atoms with E-state index in [1.807, 2.05) is 54.6 Å². The number of nitrogens with zero attached hydrogens (tertiary/aromatic N) is 3. The van der Waals surface area contributed by atoms with Gasteiger partial charge in [-0.25, -0.2) is 9.78 Å². The SMILES string of the molecule is COC(=O)C(c1ccccc1)N1CCN(c2ccc(NC(=O)c3cccnc3Br)cc2)CC1. The van der Waals surface area contributed by atoms with Crippen LogP contribution in [0.1, 0.15) is 22.0 Å². The predicted molar refractivity (Wildman–Crippen MR) is 131 cm³/mol. The number of methoxy groups -OCH3 is 1. The van der Waals surface area contributed by atoms with E-state index >= 15 is 0 Å². The molecule has 1 atom stereocenters. The van der Waals surface area contributed by atoms with E-state index in [2.05, 4.69) is 36.0 Å². The number of carbonyl (C=O) groups is 2. The van der Waals surface area contributed by atoms with Crippen molar-refractivity contribution in [2.75, 3.05) is 43.5 Å². The molecule has 1 aliphatic heterocycles. The van der Waals surface area contributed by atoms with Gasteiger partial charge in [0.05, 0.1) is 12.7 Å². The molecule has 0 radical (unpaired) electrons. The maximum absolute atomic E-state index is 12.5. The highest BCUT2D eigenvalue weighted by molar-refractivity contribution is 9.10. The van der Waals surface area contributed by atoms with Crippen molar-refractivity contribution >= 4 is 39.2 Å². The Bertz CT molecular complexity index is 1100. The molecule has 0 spiro atoms. The smallest absolute Gasteiger partial charge is 0.327 e. The fourth-order valence-corrected chi connectivity index (χ4v) is 4.42. The molecule has 0 bridgehead atoms. The zero-order chi connectivity index (χ0) is 23.2. The molecule has 1 aromatic heterocycles. The summed E-state index contributed by atoms with van der Waals surface area (Å²) in [4.78, 5) is 33.5. The van der Waals surface area contributed by atoms with E-state index in [4.69, 9.17) is 4.74 Å². The Morgan fingerprint density at radius 2 is 1.67 bits per heavy atom. The molecule has 1 N–H and O–H groups in total. The summed E-state index contributed by atoms with van der Waals surface area (Å²) in [5, 5.41) is 2.90. The lowest BCUT2D eigenvalue weighted by Gasteiger charge is -2.39. The summed E-state index contributed by atoms with van der Waals surface area (Å²) in [6.07, 6.45) is 1.63. The van der Waals surface area contributed by atoms with E-state index in [1.165, 1.54) is 7.11 Å². The lowest BCUT2D eigenvalue weighted by atomic mass is 10.0. The third-order valence-corrected chi connectivity index (χ3v) is 6.35. The van der Waals surface area contributed by atoms with Crippen molar-refractivity contribution in [3.63, 3.8) is 0 Å². The van der Waals surface area contributed by atoms with Crippen LogP contribution in [-0.4, -0.2) is 55.0 Å². The summed E-state index contributed by atoms with van der Waals surface area (Å²) in [7, 11) is 1.43. The average molecular weight is 509 g/mol. The number of pyridine rings is 1. The molecular formula is C25H25BrN4O3. The number of amides is 1. The molecule has 8 heteroatoms. The van der Waals surface area contributed by atoms with Crippen molar-refractivity contribution in [2.24, 2.45) is 0 Å². The number of nitrogens with one attached hydrogen (secondary N) is 1. The number of ether oxygens (including phenoxy) is 1. The molecule has 3 aromatic rings. The second-order valence-corrected chi connectivity index (χ2v) is 8.45. The van der Waals surface area contributed by atoms with Crippen LogP contribution >= 0.6 is 15.9 Å². The highest BCUT2D eigenvalue weighted by Gasteiger charge is 2.31. The first kappa shape index (κ1) is 22.9. The molecule has 4 rings (SSSR count). The quantitative estimate of drug-likeness (QED) is 0.398. The second kappa shape index (κ2) is 10.6. The third kappa shape index (κ3) is 5.40. The molecule has 33 heavy (non-hydrogen) atoms. The number of rotatable bonds is 6. The number of carbonyl (C=O) groups excluding carboxylic acids is 2. The van der Waals surface area contributed by atoms with Crippen LogP contribution in [0.15, 0.2) is 77.5 Å². The van der Waals surface area contributed by atoms with Gasteiger partial charge in [0, 0.05) is 43.8 Å². The van der Waals surface area contributed by atoms with Crippen LogP contribution in [0.5, 0.6) is 0 Å². The van der Waals surface area contributed by atoms with Crippen molar-refractivity contribution < 1.29 is 14.3 Å². The molecule has 1 aliphatic rings. The van der Waals surface area contributed by atoms with Gasteiger partial charge in [0.25, 0.3) is 5.91 Å². The van der Waals surface area contributed by atoms with Crippen molar-refractivity contribution in [1.82, 2.24) is 9.88 Å². The number of hydrogen-bond acceptors (Lipinski definition) is 6. The Kier molecular flexibility index (Phi) is 7.36. The number of anilines is 2. The van der Waals surface area contributed by atoms with Crippen LogP contribution in [0.2, 0.25) is 0 Å². The summed E-state index contributed by atoms with van der Waals surface area (Å²) < 4.78 is 5.59. The minimum atomic E-state index is -0.400. The van der Waals surface area contributed by atoms with Gasteiger partial charge in [-0.2, -0.15) is 0 Å². The van der Waals surface area contributed by atoms with E-state index in [9.17, 15) is 9.59 Å². The first-order valence-electron chi connectivity index (χ1n) is 10.7. The topological polar surface area (TPSA) is 74.8 Å². The number of benzene rings is 2. The Hall–Kier alpha value is -3.23. The number of halogens is 1. The number of aromatic nitrogens is 1. The second-order valence-electron chi connectivity index (χ2n) is 7.70. The minimum Gasteiger partial charge on any atom is -0.468 e. The molecule has 2 heterocycles. The number of esters is 1. The summed E-state index contributed by atoms with van der Waals surface area (Å²) in [6.45, 7) is 3.05. The molecule has 1 amide bonds. The maximum atomic E-state index is 12.5. The van der Waals surface area contributed by atoms with Gasteiger partial charge >= 0.3 is 5.97 Å². The van der Waals surface area contributed by atoms with E-state index in [0.717, 1.165) is 37.4 Å². The van der Waals surface area contributed by atoms with Gasteiger partial charge in [-0.1, -0.05) is 30.3 Å². The third-order valence-electron chi connectivity index (χ3n) is 5.71. The first-order valence-corrected chi connectivity index (χ1v) is 11.5. The van der Waals surface area contributed by atoms with Crippen molar-refractivity contribution in [2.45, 2.75) is 6.04 Å². The van der Waals surface area contributed by atoms with Crippen LogP contribution < -0.4 is 10.2 Å². The Labute approximate surface area is 201 Å². The average Bonchev–Trinajstić information content (AvgIpc) is 2.86. The first-order chi connectivity index (χ1) is 16.1. The largest absolute Gasteiger partial charge is 0.468 e. The predicted octanol–water partition coefficient (Wildman–Crippen LogP) is 4.13. The summed E-state index contributed by atoms with van der Waals surface area (Å²) >= 11 is 3.31. The van der Waals surface area contributed by atoms with Crippen LogP contribution in [-0.2, 0) is 9.53 Å². The summed E-state index contributed by atoms with van der Waals surface area (Å²) in [6, 6.07) is 20.6. The van der Waals surface area contributed by atoms with E-state index in [0.29, 0.717) is 15.9 Å². The monoisotopic (exact) mass is 508 g/mol. The fraction of sp³-hybridized carbons (Fsp3) is 0.240. The molecule has 7 nitrogen and oxygen atoms in total. The molecule has 2 aromatic carbocycles. The lowest BCUT2D eigenvalue weighted by molar-refractivity contribution is -0.147. The van der Waals surface area contributed by atoms with Crippen LogP contribution in [0.4, 0.5) is 11.4 Å². The molecular weight excluding hydrogens is 484 g/mol. The van der Waals surface area contributed by atoms with Crippen LogP contribution in [0.25, 0.3) is 0 Å².